The van der Waals surface area contributed by atoms with E-state index in [1.807, 2.05) is 0 Å². The van der Waals surface area contributed by atoms with E-state index >= 15 is 0 Å². The molecule has 1 aliphatic heterocycles. The predicted molar refractivity (Wildman–Crippen MR) is 54.2 cm³/mol. The van der Waals surface area contributed by atoms with Gasteiger partial charge in [0.15, 0.2) is 0 Å². The number of hydrogen-bond acceptors (Lipinski definition) is 3. The quantitative estimate of drug-likeness (QED) is 0.710. The van der Waals surface area contributed by atoms with E-state index < -0.39 is 0 Å². The first kappa shape index (κ1) is 11.0. The number of rotatable bonds is 2. The Bertz CT molecular complexity index is 193. The van der Waals surface area contributed by atoms with Crippen molar-refractivity contribution in [2.24, 2.45) is 5.73 Å². The van der Waals surface area contributed by atoms with Gasteiger partial charge in [-0.3, -0.25) is 0 Å². The second-order valence-corrected chi connectivity index (χ2v) is 4.81. The normalized spacial score (nSPS) is 39.7. The van der Waals surface area contributed by atoms with Crippen molar-refractivity contribution in [2.45, 2.75) is 57.7 Å². The highest BCUT2D eigenvalue weighted by Gasteiger charge is 2.52. The van der Waals surface area contributed by atoms with Crippen molar-refractivity contribution in [3.05, 3.63) is 0 Å². The molecule has 0 saturated carbocycles. The summed E-state index contributed by atoms with van der Waals surface area (Å²) in [7, 11) is 1.73. The minimum Gasteiger partial charge on any atom is -0.326 e. The summed E-state index contributed by atoms with van der Waals surface area (Å²) in [6.45, 7) is 8.69. The maximum atomic E-state index is 6.14. The Morgan fingerprint density at radius 1 is 1.46 bits per heavy atom. The summed E-state index contributed by atoms with van der Waals surface area (Å²) in [6, 6.07) is 0.201. The van der Waals surface area contributed by atoms with Crippen molar-refractivity contribution in [3.63, 3.8) is 0 Å². The molecule has 0 aromatic heterocycles. The van der Waals surface area contributed by atoms with Gasteiger partial charge in [-0.1, -0.05) is 6.92 Å². The van der Waals surface area contributed by atoms with Crippen LogP contribution in [0.5, 0.6) is 0 Å². The zero-order valence-electron chi connectivity index (χ0n) is 9.42. The molecule has 2 atom stereocenters. The minimum atomic E-state index is -0.0156. The Kier molecular flexibility index (Phi) is 2.72. The van der Waals surface area contributed by atoms with E-state index in [1.165, 1.54) is 0 Å². The van der Waals surface area contributed by atoms with Crippen molar-refractivity contribution in [2.75, 3.05) is 7.11 Å². The number of nitrogens with two attached hydrogens (primary N) is 1. The fraction of sp³-hybridized carbons (Fsp3) is 1.00. The van der Waals surface area contributed by atoms with Gasteiger partial charge < -0.3 is 10.6 Å². The van der Waals surface area contributed by atoms with Crippen LogP contribution in [0.3, 0.4) is 0 Å². The van der Waals surface area contributed by atoms with E-state index in [1.54, 1.807) is 7.11 Å². The zero-order chi connectivity index (χ0) is 10.3. The summed E-state index contributed by atoms with van der Waals surface area (Å²) in [5, 5.41) is 2.06. The van der Waals surface area contributed by atoms with E-state index in [0.29, 0.717) is 0 Å². The van der Waals surface area contributed by atoms with Crippen LogP contribution in [0.15, 0.2) is 0 Å². The summed E-state index contributed by atoms with van der Waals surface area (Å²) < 4.78 is 0. The van der Waals surface area contributed by atoms with E-state index in [0.717, 1.165) is 12.8 Å². The SMILES string of the molecule is CCC1(C)C(N)CC(C)(C)N1OC. The van der Waals surface area contributed by atoms with Gasteiger partial charge in [0.2, 0.25) is 0 Å². The molecular weight excluding hydrogens is 164 g/mol. The molecular formula is C10H22N2O. The van der Waals surface area contributed by atoms with Crippen molar-refractivity contribution >= 4 is 0 Å². The molecule has 1 saturated heterocycles. The lowest BCUT2D eigenvalue weighted by Crippen LogP contribution is -2.53. The fourth-order valence-electron chi connectivity index (χ4n) is 2.54. The molecule has 2 unspecified atom stereocenters. The van der Waals surface area contributed by atoms with E-state index in [2.05, 4.69) is 32.8 Å². The van der Waals surface area contributed by atoms with Crippen LogP contribution in [0, 0.1) is 0 Å². The van der Waals surface area contributed by atoms with Crippen LogP contribution < -0.4 is 5.73 Å². The first-order chi connectivity index (χ1) is 5.88. The topological polar surface area (TPSA) is 38.5 Å². The Morgan fingerprint density at radius 2 is 2.00 bits per heavy atom. The second kappa shape index (κ2) is 3.23. The summed E-state index contributed by atoms with van der Waals surface area (Å²) in [6.07, 6.45) is 2.01. The molecule has 3 heteroatoms. The van der Waals surface area contributed by atoms with Crippen molar-refractivity contribution in [3.8, 4) is 0 Å². The second-order valence-electron chi connectivity index (χ2n) is 4.81. The van der Waals surface area contributed by atoms with E-state index in [4.69, 9.17) is 10.6 Å². The van der Waals surface area contributed by atoms with Gasteiger partial charge in [0.25, 0.3) is 0 Å². The molecule has 2 N–H and O–H groups in total. The molecule has 0 aromatic rings. The monoisotopic (exact) mass is 186 g/mol. The molecule has 13 heavy (non-hydrogen) atoms. The molecule has 0 aliphatic carbocycles. The third kappa shape index (κ3) is 1.49. The Balaban J connectivity index is 2.96. The van der Waals surface area contributed by atoms with E-state index in [9.17, 15) is 0 Å². The van der Waals surface area contributed by atoms with Gasteiger partial charge in [-0.25, -0.2) is 0 Å². The standard InChI is InChI=1S/C10H22N2O/c1-6-10(4)8(11)7-9(2,3)12(10)13-5/h8H,6-7,11H2,1-5H3. The van der Waals surface area contributed by atoms with Gasteiger partial charge in [0, 0.05) is 11.6 Å². The van der Waals surface area contributed by atoms with Gasteiger partial charge in [-0.05, 0) is 33.6 Å². The molecule has 0 aromatic carbocycles. The molecule has 0 amide bonds. The van der Waals surface area contributed by atoms with Crippen LogP contribution in [0.4, 0.5) is 0 Å². The maximum Gasteiger partial charge on any atom is 0.0589 e. The van der Waals surface area contributed by atoms with Gasteiger partial charge in [-0.15, -0.1) is 0 Å². The smallest absolute Gasteiger partial charge is 0.0589 e. The van der Waals surface area contributed by atoms with Crippen LogP contribution in [0.25, 0.3) is 0 Å². The first-order valence-corrected chi connectivity index (χ1v) is 4.98. The van der Waals surface area contributed by atoms with Crippen molar-refractivity contribution in [1.82, 2.24) is 5.06 Å². The lowest BCUT2D eigenvalue weighted by molar-refractivity contribution is -0.226. The summed E-state index contributed by atoms with van der Waals surface area (Å²) in [4.78, 5) is 5.46. The van der Waals surface area contributed by atoms with Crippen LogP contribution in [-0.2, 0) is 4.84 Å². The average molecular weight is 186 g/mol. The Morgan fingerprint density at radius 3 is 2.31 bits per heavy atom. The fourth-order valence-corrected chi connectivity index (χ4v) is 2.54. The molecule has 1 heterocycles. The Hall–Kier alpha value is -0.120. The van der Waals surface area contributed by atoms with Crippen molar-refractivity contribution < 1.29 is 4.84 Å². The molecule has 0 spiro atoms. The molecule has 1 fully saturated rings. The summed E-state index contributed by atoms with van der Waals surface area (Å²) in [5.41, 5.74) is 6.18. The highest BCUT2D eigenvalue weighted by Crippen LogP contribution is 2.41. The lowest BCUT2D eigenvalue weighted by atomic mass is 9.91. The van der Waals surface area contributed by atoms with Gasteiger partial charge in [0.1, 0.15) is 0 Å². The highest BCUT2D eigenvalue weighted by atomic mass is 16.7. The molecule has 3 nitrogen and oxygen atoms in total. The van der Waals surface area contributed by atoms with Crippen LogP contribution in [-0.4, -0.2) is 29.3 Å². The molecule has 78 valence electrons. The minimum absolute atomic E-state index is 0.0156. The third-order valence-corrected chi connectivity index (χ3v) is 3.43. The lowest BCUT2D eigenvalue weighted by Gasteiger charge is -2.40. The largest absolute Gasteiger partial charge is 0.326 e. The molecule has 0 radical (unpaired) electrons. The maximum absolute atomic E-state index is 6.14. The van der Waals surface area contributed by atoms with Gasteiger partial charge in [0.05, 0.1) is 12.6 Å². The number of nitrogens with zero attached hydrogens (tertiary/aromatic N) is 1. The van der Waals surface area contributed by atoms with Crippen LogP contribution >= 0.6 is 0 Å². The molecule has 0 bridgehead atoms. The predicted octanol–water partition coefficient (Wildman–Crippen LogP) is 1.53. The van der Waals surface area contributed by atoms with Gasteiger partial charge in [-0.2, -0.15) is 5.06 Å². The molecule has 1 aliphatic rings. The molecule has 1 rings (SSSR count). The summed E-state index contributed by atoms with van der Waals surface area (Å²) in [5.74, 6) is 0. The highest BCUT2D eigenvalue weighted by molar-refractivity contribution is 5.06. The van der Waals surface area contributed by atoms with Crippen LogP contribution in [0.1, 0.15) is 40.5 Å². The summed E-state index contributed by atoms with van der Waals surface area (Å²) >= 11 is 0. The number of hydroxylamine groups is 2. The van der Waals surface area contributed by atoms with Crippen LogP contribution in [0.2, 0.25) is 0 Å². The third-order valence-electron chi connectivity index (χ3n) is 3.43. The van der Waals surface area contributed by atoms with Gasteiger partial charge >= 0.3 is 0 Å². The Labute approximate surface area is 81.2 Å². The first-order valence-electron chi connectivity index (χ1n) is 4.98. The number of hydrogen-bond donors (Lipinski definition) is 1. The average Bonchev–Trinajstić information content (AvgIpc) is 2.19. The van der Waals surface area contributed by atoms with E-state index in [-0.39, 0.29) is 17.1 Å². The van der Waals surface area contributed by atoms with Crippen molar-refractivity contribution in [1.29, 1.82) is 0 Å². The zero-order valence-corrected chi connectivity index (χ0v) is 9.42.